The van der Waals surface area contributed by atoms with Crippen molar-refractivity contribution in [2.45, 2.75) is 26.8 Å². The topological polar surface area (TPSA) is 41.0 Å². The Labute approximate surface area is 130 Å². The third-order valence-corrected chi connectivity index (χ3v) is 4.78. The summed E-state index contributed by atoms with van der Waals surface area (Å²) in [5.41, 5.74) is 1.06. The number of aromatic nitrogens is 2. The van der Waals surface area contributed by atoms with Gasteiger partial charge in [0.05, 0.1) is 5.01 Å². The summed E-state index contributed by atoms with van der Waals surface area (Å²) in [6, 6.07) is 6.12. The maximum absolute atomic E-state index is 4.49. The van der Waals surface area contributed by atoms with E-state index in [1.165, 1.54) is 17.8 Å². The first kappa shape index (κ1) is 14.5. The molecule has 3 rings (SSSR count). The number of anilines is 1. The van der Waals surface area contributed by atoms with Crippen molar-refractivity contribution in [1.82, 2.24) is 14.9 Å². The monoisotopic (exact) mass is 302 g/mol. The Morgan fingerprint density at radius 1 is 1.38 bits per heavy atom. The first-order chi connectivity index (χ1) is 10.2. The van der Waals surface area contributed by atoms with Gasteiger partial charge < -0.3 is 5.32 Å². The van der Waals surface area contributed by atoms with Crippen LogP contribution in [-0.4, -0.2) is 34.5 Å². The van der Waals surface area contributed by atoms with Gasteiger partial charge in [0.25, 0.3) is 0 Å². The zero-order valence-corrected chi connectivity index (χ0v) is 13.5. The summed E-state index contributed by atoms with van der Waals surface area (Å²) in [7, 11) is 0. The van der Waals surface area contributed by atoms with Crippen LogP contribution in [-0.2, 0) is 6.54 Å². The highest BCUT2D eigenvalue weighted by Crippen LogP contribution is 2.21. The summed E-state index contributed by atoms with van der Waals surface area (Å²) in [6.07, 6.45) is 3.28. The number of pyridine rings is 1. The maximum Gasteiger partial charge on any atom is 0.126 e. The zero-order valence-electron chi connectivity index (χ0n) is 12.7. The van der Waals surface area contributed by atoms with E-state index in [2.05, 4.69) is 33.2 Å². The molecule has 0 bridgehead atoms. The Kier molecular flexibility index (Phi) is 4.51. The normalized spacial score (nSPS) is 19.0. The van der Waals surface area contributed by atoms with Crippen LogP contribution in [0.3, 0.4) is 0 Å². The molecule has 2 aromatic heterocycles. The number of thiazole rings is 1. The molecule has 0 aromatic carbocycles. The average molecular weight is 302 g/mol. The Balaban J connectivity index is 1.46. The first-order valence-corrected chi connectivity index (χ1v) is 8.32. The minimum absolute atomic E-state index is 0.710. The van der Waals surface area contributed by atoms with Gasteiger partial charge in [0.15, 0.2) is 0 Å². The molecule has 0 unspecified atom stereocenters. The van der Waals surface area contributed by atoms with Gasteiger partial charge in [-0.15, -0.1) is 11.3 Å². The Morgan fingerprint density at radius 2 is 2.29 bits per heavy atom. The van der Waals surface area contributed by atoms with Crippen molar-refractivity contribution in [2.75, 3.05) is 25.0 Å². The highest BCUT2D eigenvalue weighted by atomic mass is 32.1. The van der Waals surface area contributed by atoms with E-state index < -0.39 is 0 Å². The second-order valence-corrected chi connectivity index (χ2v) is 7.10. The fourth-order valence-corrected chi connectivity index (χ4v) is 3.65. The lowest BCUT2D eigenvalue weighted by molar-refractivity contribution is 0.321. The predicted molar refractivity (Wildman–Crippen MR) is 87.7 cm³/mol. The summed E-state index contributed by atoms with van der Waals surface area (Å²) in [5.74, 6) is 1.70. The molecular formula is C16H22N4S. The van der Waals surface area contributed by atoms with Crippen molar-refractivity contribution in [3.05, 3.63) is 40.0 Å². The van der Waals surface area contributed by atoms with Crippen molar-refractivity contribution < 1.29 is 0 Å². The number of rotatable bonds is 5. The molecule has 4 nitrogen and oxygen atoms in total. The van der Waals surface area contributed by atoms with Crippen molar-refractivity contribution >= 4 is 17.2 Å². The van der Waals surface area contributed by atoms with Crippen molar-refractivity contribution in [3.8, 4) is 0 Å². The molecular weight excluding hydrogens is 280 g/mol. The molecule has 21 heavy (non-hydrogen) atoms. The lowest BCUT2D eigenvalue weighted by Gasteiger charge is -2.15. The van der Waals surface area contributed by atoms with Gasteiger partial charge in [-0.2, -0.15) is 0 Å². The van der Waals surface area contributed by atoms with Crippen LogP contribution in [0.5, 0.6) is 0 Å². The van der Waals surface area contributed by atoms with Crippen molar-refractivity contribution in [1.29, 1.82) is 0 Å². The fourth-order valence-electron chi connectivity index (χ4n) is 2.81. The lowest BCUT2D eigenvalue weighted by atomic mass is 10.1. The van der Waals surface area contributed by atoms with Crippen LogP contribution in [0, 0.1) is 19.8 Å². The number of nitrogens with one attached hydrogen (secondary N) is 1. The van der Waals surface area contributed by atoms with E-state index in [1.54, 1.807) is 0 Å². The minimum atomic E-state index is 0.710. The summed E-state index contributed by atoms with van der Waals surface area (Å²) < 4.78 is 0. The molecule has 1 aliphatic rings. The van der Waals surface area contributed by atoms with Crippen molar-refractivity contribution in [2.24, 2.45) is 5.92 Å². The molecule has 1 saturated heterocycles. The molecule has 112 valence electrons. The zero-order chi connectivity index (χ0) is 14.7. The number of likely N-dealkylation sites (tertiary alicyclic amines) is 1. The van der Waals surface area contributed by atoms with Gasteiger partial charge in [-0.05, 0) is 44.9 Å². The molecule has 1 fully saturated rings. The quantitative estimate of drug-likeness (QED) is 0.921. The summed E-state index contributed by atoms with van der Waals surface area (Å²) >= 11 is 1.81. The predicted octanol–water partition coefficient (Wildman–Crippen LogP) is 3.09. The van der Waals surface area contributed by atoms with Crippen LogP contribution in [0.1, 0.15) is 22.0 Å². The summed E-state index contributed by atoms with van der Waals surface area (Å²) in [5, 5.41) is 4.63. The van der Waals surface area contributed by atoms with Gasteiger partial charge in [0.1, 0.15) is 5.82 Å². The van der Waals surface area contributed by atoms with E-state index in [9.17, 15) is 0 Å². The fraction of sp³-hybridized carbons (Fsp3) is 0.500. The Bertz CT molecular complexity index is 595. The number of hydrogen-bond donors (Lipinski definition) is 1. The Hall–Kier alpha value is -1.46. The van der Waals surface area contributed by atoms with Gasteiger partial charge in [-0.3, -0.25) is 4.90 Å². The van der Waals surface area contributed by atoms with Gasteiger partial charge in [-0.25, -0.2) is 9.97 Å². The third kappa shape index (κ3) is 4.02. The number of hydrogen-bond acceptors (Lipinski definition) is 5. The number of nitrogens with zero attached hydrogens (tertiary/aromatic N) is 3. The van der Waals surface area contributed by atoms with Crippen LogP contribution in [0.25, 0.3) is 0 Å². The van der Waals surface area contributed by atoms with E-state index in [0.717, 1.165) is 36.2 Å². The molecule has 0 amide bonds. The van der Waals surface area contributed by atoms with E-state index in [-0.39, 0.29) is 0 Å². The molecule has 1 aliphatic heterocycles. The highest BCUT2D eigenvalue weighted by Gasteiger charge is 2.22. The molecule has 0 spiro atoms. The summed E-state index contributed by atoms with van der Waals surface area (Å²) in [4.78, 5) is 12.7. The van der Waals surface area contributed by atoms with Crippen LogP contribution in [0.2, 0.25) is 0 Å². The van der Waals surface area contributed by atoms with Crippen LogP contribution in [0.15, 0.2) is 24.4 Å². The molecule has 0 aliphatic carbocycles. The third-order valence-electron chi connectivity index (χ3n) is 3.88. The van der Waals surface area contributed by atoms with Crippen molar-refractivity contribution in [3.63, 3.8) is 0 Å². The maximum atomic E-state index is 4.49. The largest absolute Gasteiger partial charge is 0.370 e. The molecule has 0 saturated carbocycles. The van der Waals surface area contributed by atoms with Gasteiger partial charge in [-0.1, -0.05) is 6.07 Å². The van der Waals surface area contributed by atoms with Crippen LogP contribution in [0.4, 0.5) is 5.82 Å². The smallest absolute Gasteiger partial charge is 0.126 e. The van der Waals surface area contributed by atoms with Gasteiger partial charge in [0.2, 0.25) is 0 Å². The molecule has 0 radical (unpaired) electrons. The Morgan fingerprint density at radius 3 is 3.05 bits per heavy atom. The molecule has 1 N–H and O–H groups in total. The molecule has 5 heteroatoms. The second-order valence-electron chi connectivity index (χ2n) is 5.78. The average Bonchev–Trinajstić information content (AvgIpc) is 3.06. The van der Waals surface area contributed by atoms with Gasteiger partial charge >= 0.3 is 0 Å². The number of aryl methyl sites for hydroxylation is 2. The molecule has 1 atom stereocenters. The van der Waals surface area contributed by atoms with Crippen LogP contribution >= 0.6 is 11.3 Å². The first-order valence-electron chi connectivity index (χ1n) is 7.50. The highest BCUT2D eigenvalue weighted by molar-refractivity contribution is 7.11. The van der Waals surface area contributed by atoms with Gasteiger partial charge in [0, 0.05) is 36.4 Å². The summed E-state index contributed by atoms with van der Waals surface area (Å²) in [6.45, 7) is 8.50. The van der Waals surface area contributed by atoms with E-state index in [1.807, 2.05) is 36.6 Å². The lowest BCUT2D eigenvalue weighted by Crippen LogP contribution is -2.22. The van der Waals surface area contributed by atoms with E-state index in [4.69, 9.17) is 0 Å². The van der Waals surface area contributed by atoms with E-state index >= 15 is 0 Å². The van der Waals surface area contributed by atoms with E-state index in [0.29, 0.717) is 5.92 Å². The molecule has 2 aromatic rings. The standard InChI is InChI=1S/C16H22N4S/c1-12-4-3-5-16(19-12)18-8-14-6-7-20(10-14)11-15-9-17-13(2)21-15/h3-5,9,14H,6-8,10-11H2,1-2H3,(H,18,19)/t14-/m0/s1. The minimum Gasteiger partial charge on any atom is -0.370 e. The van der Waals surface area contributed by atoms with Crippen LogP contribution < -0.4 is 5.32 Å². The second kappa shape index (κ2) is 6.54. The SMILES string of the molecule is Cc1cccc(NC[C@@H]2CCN(Cc3cnc(C)s3)C2)n1. The molecule has 3 heterocycles.